The Morgan fingerprint density at radius 3 is 3.00 bits per heavy atom. The first kappa shape index (κ1) is 10.6. The number of hydrogen-bond donors (Lipinski definition) is 2. The molecule has 0 saturated carbocycles. The molecule has 0 saturated heterocycles. The lowest BCUT2D eigenvalue weighted by Crippen LogP contribution is -2.36. The summed E-state index contributed by atoms with van der Waals surface area (Å²) in [6, 6.07) is 8.39. The Balaban J connectivity index is 1.88. The molecular weight excluding hydrogens is 206 g/mol. The van der Waals surface area contributed by atoms with Crippen molar-refractivity contribution in [2.75, 3.05) is 6.54 Å². The Bertz CT molecular complexity index is 376. The van der Waals surface area contributed by atoms with Gasteiger partial charge >= 0.3 is 0 Å². The summed E-state index contributed by atoms with van der Waals surface area (Å²) in [6.07, 6.45) is 1.08. The highest BCUT2D eigenvalue weighted by Gasteiger charge is 2.25. The van der Waals surface area contributed by atoms with Crippen molar-refractivity contribution in [3.05, 3.63) is 35.4 Å². The van der Waals surface area contributed by atoms with Crippen molar-refractivity contribution in [2.45, 2.75) is 24.5 Å². The van der Waals surface area contributed by atoms with Crippen LogP contribution in [0, 0.1) is 0 Å². The quantitative estimate of drug-likeness (QED) is 0.748. The van der Waals surface area contributed by atoms with Crippen molar-refractivity contribution in [2.24, 2.45) is 0 Å². The van der Waals surface area contributed by atoms with Gasteiger partial charge in [0.05, 0.1) is 5.25 Å². The fourth-order valence-corrected chi connectivity index (χ4v) is 2.01. The second-order valence-corrected chi connectivity index (χ2v) is 4.80. The molecule has 2 nitrogen and oxygen atoms in total. The predicted octanol–water partition coefficient (Wildman–Crippen LogP) is 1.76. The molecule has 80 valence electrons. The maximum atomic E-state index is 11.3. The van der Waals surface area contributed by atoms with Crippen LogP contribution in [0.3, 0.4) is 0 Å². The lowest BCUT2D eigenvalue weighted by molar-refractivity contribution is -0.120. The first-order chi connectivity index (χ1) is 7.18. The van der Waals surface area contributed by atoms with Crippen LogP contribution < -0.4 is 5.32 Å². The van der Waals surface area contributed by atoms with Crippen LogP contribution in [0.2, 0.25) is 0 Å². The molecule has 0 bridgehead atoms. The Kier molecular flexibility index (Phi) is 3.00. The second kappa shape index (κ2) is 4.27. The second-order valence-electron chi connectivity index (χ2n) is 4.02. The molecule has 1 aromatic carbocycles. The molecule has 2 atom stereocenters. The molecular formula is C12H15NOS. The molecule has 2 rings (SSSR count). The molecule has 0 radical (unpaired) electrons. The van der Waals surface area contributed by atoms with E-state index < -0.39 is 0 Å². The summed E-state index contributed by atoms with van der Waals surface area (Å²) in [4.78, 5) is 11.3. The van der Waals surface area contributed by atoms with E-state index in [-0.39, 0.29) is 11.2 Å². The predicted molar refractivity (Wildman–Crippen MR) is 64.3 cm³/mol. The highest BCUT2D eigenvalue weighted by Crippen LogP contribution is 2.33. The normalized spacial score (nSPS) is 20.0. The van der Waals surface area contributed by atoms with Crippen LogP contribution in [0.4, 0.5) is 0 Å². The topological polar surface area (TPSA) is 29.1 Å². The smallest absolute Gasteiger partial charge is 0.232 e. The van der Waals surface area contributed by atoms with Crippen LogP contribution in [0.25, 0.3) is 0 Å². The van der Waals surface area contributed by atoms with Gasteiger partial charge in [0.15, 0.2) is 0 Å². The number of nitrogens with one attached hydrogen (secondary N) is 1. The minimum absolute atomic E-state index is 0.0164. The molecule has 0 aromatic heterocycles. The van der Waals surface area contributed by atoms with E-state index in [0.29, 0.717) is 5.92 Å². The number of carbonyl (C=O) groups excluding carboxylic acids is 1. The summed E-state index contributed by atoms with van der Waals surface area (Å²) in [5.74, 6) is 0.514. The first-order valence-corrected chi connectivity index (χ1v) is 5.73. The number of amides is 1. The third-order valence-corrected chi connectivity index (χ3v) is 3.10. The molecule has 1 aliphatic rings. The summed E-state index contributed by atoms with van der Waals surface area (Å²) >= 11 is 4.09. The van der Waals surface area contributed by atoms with Gasteiger partial charge in [0, 0.05) is 12.5 Å². The van der Waals surface area contributed by atoms with Crippen molar-refractivity contribution < 1.29 is 4.79 Å². The molecule has 1 N–H and O–H groups in total. The monoisotopic (exact) mass is 221 g/mol. The van der Waals surface area contributed by atoms with E-state index in [4.69, 9.17) is 0 Å². The SMILES string of the molecule is CC(S)C(=O)NCC1Cc2ccccc21. The van der Waals surface area contributed by atoms with Gasteiger partial charge in [-0.15, -0.1) is 0 Å². The lowest BCUT2D eigenvalue weighted by atomic mass is 9.77. The Morgan fingerprint density at radius 1 is 1.60 bits per heavy atom. The van der Waals surface area contributed by atoms with Gasteiger partial charge in [0.25, 0.3) is 0 Å². The molecule has 1 aromatic rings. The Morgan fingerprint density at radius 2 is 2.33 bits per heavy atom. The van der Waals surface area contributed by atoms with Gasteiger partial charge in [-0.1, -0.05) is 24.3 Å². The van der Waals surface area contributed by atoms with E-state index in [9.17, 15) is 4.79 Å². The minimum atomic E-state index is -0.222. The Hall–Kier alpha value is -0.960. The standard InChI is InChI=1S/C12H15NOS/c1-8(15)12(14)13-7-10-6-9-4-2-3-5-11(9)10/h2-5,8,10,15H,6-7H2,1H3,(H,13,14). The summed E-state index contributed by atoms with van der Waals surface area (Å²) < 4.78 is 0. The lowest BCUT2D eigenvalue weighted by Gasteiger charge is -2.30. The molecule has 3 heteroatoms. The van der Waals surface area contributed by atoms with Crippen LogP contribution >= 0.6 is 12.6 Å². The largest absolute Gasteiger partial charge is 0.355 e. The maximum absolute atomic E-state index is 11.3. The molecule has 0 heterocycles. The first-order valence-electron chi connectivity index (χ1n) is 5.22. The number of hydrogen-bond acceptors (Lipinski definition) is 2. The van der Waals surface area contributed by atoms with E-state index >= 15 is 0 Å². The van der Waals surface area contributed by atoms with E-state index in [1.54, 1.807) is 6.92 Å². The fourth-order valence-electron chi connectivity index (χ4n) is 1.92. The van der Waals surface area contributed by atoms with E-state index in [2.05, 4.69) is 36.1 Å². The third kappa shape index (κ3) is 2.17. The zero-order valence-electron chi connectivity index (χ0n) is 8.73. The average molecular weight is 221 g/mol. The number of fused-ring (bicyclic) bond motifs is 1. The zero-order chi connectivity index (χ0) is 10.8. The fraction of sp³-hybridized carbons (Fsp3) is 0.417. The number of benzene rings is 1. The van der Waals surface area contributed by atoms with Crippen molar-refractivity contribution in [1.29, 1.82) is 0 Å². The van der Waals surface area contributed by atoms with Crippen LogP contribution in [0.5, 0.6) is 0 Å². The van der Waals surface area contributed by atoms with E-state index in [1.165, 1.54) is 11.1 Å². The average Bonchev–Trinajstić information content (AvgIpc) is 2.19. The van der Waals surface area contributed by atoms with E-state index in [1.807, 2.05) is 6.07 Å². The molecule has 1 amide bonds. The molecule has 15 heavy (non-hydrogen) atoms. The van der Waals surface area contributed by atoms with Gasteiger partial charge in [0.1, 0.15) is 0 Å². The van der Waals surface area contributed by atoms with Gasteiger partial charge < -0.3 is 5.32 Å². The maximum Gasteiger partial charge on any atom is 0.232 e. The summed E-state index contributed by atoms with van der Waals surface area (Å²) in [5.41, 5.74) is 2.79. The highest BCUT2D eigenvalue weighted by molar-refractivity contribution is 7.81. The molecule has 1 aliphatic carbocycles. The van der Waals surface area contributed by atoms with Gasteiger partial charge in [-0.25, -0.2) is 0 Å². The van der Waals surface area contributed by atoms with E-state index in [0.717, 1.165) is 13.0 Å². The van der Waals surface area contributed by atoms with Crippen molar-refractivity contribution in [3.8, 4) is 0 Å². The van der Waals surface area contributed by atoms with Crippen LogP contribution in [-0.4, -0.2) is 17.7 Å². The van der Waals surface area contributed by atoms with Crippen LogP contribution in [-0.2, 0) is 11.2 Å². The summed E-state index contributed by atoms with van der Waals surface area (Å²) in [7, 11) is 0. The minimum Gasteiger partial charge on any atom is -0.355 e. The van der Waals surface area contributed by atoms with Crippen LogP contribution in [0.1, 0.15) is 24.0 Å². The number of rotatable bonds is 3. The van der Waals surface area contributed by atoms with Gasteiger partial charge in [-0.2, -0.15) is 12.6 Å². The number of carbonyl (C=O) groups is 1. The molecule has 0 aliphatic heterocycles. The highest BCUT2D eigenvalue weighted by atomic mass is 32.1. The van der Waals surface area contributed by atoms with Crippen LogP contribution in [0.15, 0.2) is 24.3 Å². The number of thiol groups is 1. The Labute approximate surface area is 95.5 Å². The molecule has 0 fully saturated rings. The van der Waals surface area contributed by atoms with Crippen molar-refractivity contribution in [1.82, 2.24) is 5.32 Å². The molecule has 0 spiro atoms. The molecule has 2 unspecified atom stereocenters. The zero-order valence-corrected chi connectivity index (χ0v) is 9.63. The van der Waals surface area contributed by atoms with Crippen molar-refractivity contribution >= 4 is 18.5 Å². The van der Waals surface area contributed by atoms with Crippen molar-refractivity contribution in [3.63, 3.8) is 0 Å². The van der Waals surface area contributed by atoms with Gasteiger partial charge in [-0.3, -0.25) is 4.79 Å². The summed E-state index contributed by atoms with van der Waals surface area (Å²) in [6.45, 7) is 2.52. The third-order valence-electron chi connectivity index (χ3n) is 2.86. The van der Waals surface area contributed by atoms with Gasteiger partial charge in [0.2, 0.25) is 5.91 Å². The summed E-state index contributed by atoms with van der Waals surface area (Å²) in [5, 5.41) is 2.69. The van der Waals surface area contributed by atoms with Gasteiger partial charge in [-0.05, 0) is 24.5 Å².